The van der Waals surface area contributed by atoms with Crippen molar-refractivity contribution in [3.63, 3.8) is 0 Å². The Bertz CT molecular complexity index is 1060. The molecule has 1 aliphatic rings. The van der Waals surface area contributed by atoms with E-state index in [0.29, 0.717) is 31.2 Å². The van der Waals surface area contributed by atoms with Crippen LogP contribution in [0.2, 0.25) is 5.02 Å². The Hall–Kier alpha value is -2.09. The topological polar surface area (TPSA) is 58.4 Å². The summed E-state index contributed by atoms with van der Waals surface area (Å²) in [5.74, 6) is 0.905. The van der Waals surface area contributed by atoms with Crippen LogP contribution in [0.15, 0.2) is 53.4 Å². The number of aromatic nitrogens is 2. The molecular weight excluding hydrogens is 384 g/mol. The van der Waals surface area contributed by atoms with Crippen LogP contribution < -0.4 is 4.90 Å². The second-order valence-electron chi connectivity index (χ2n) is 6.49. The first-order valence-electron chi connectivity index (χ1n) is 8.96. The molecule has 0 N–H and O–H groups in total. The van der Waals surface area contributed by atoms with Crippen molar-refractivity contribution in [1.29, 1.82) is 0 Å². The third kappa shape index (κ3) is 3.31. The van der Waals surface area contributed by atoms with Gasteiger partial charge in [-0.15, -0.1) is 0 Å². The fraction of sp³-hybridized carbons (Fsp3) is 0.316. The van der Waals surface area contributed by atoms with E-state index in [4.69, 9.17) is 16.6 Å². The highest BCUT2D eigenvalue weighted by Crippen LogP contribution is 2.25. The lowest BCUT2D eigenvalue weighted by Gasteiger charge is -2.34. The summed E-state index contributed by atoms with van der Waals surface area (Å²) in [6.07, 6.45) is 0. The van der Waals surface area contributed by atoms with Gasteiger partial charge in [-0.1, -0.05) is 23.7 Å². The second kappa shape index (κ2) is 7.14. The molecule has 0 bridgehead atoms. The van der Waals surface area contributed by atoms with Gasteiger partial charge in [0.2, 0.25) is 16.0 Å². The van der Waals surface area contributed by atoms with Crippen LogP contribution in [0.1, 0.15) is 6.92 Å². The fourth-order valence-corrected chi connectivity index (χ4v) is 5.05. The lowest BCUT2D eigenvalue weighted by Crippen LogP contribution is -2.49. The molecule has 0 saturated carbocycles. The number of rotatable bonds is 4. The smallest absolute Gasteiger partial charge is 0.243 e. The number of halogens is 1. The standard InChI is InChI=1S/C19H21ClN4O2S/c1-2-24-18-6-4-3-5-17(18)21-19(24)22-11-13-23(14-12-22)27(25,26)16-9-7-15(20)8-10-16/h3-10H,2,11-14H2,1H3. The highest BCUT2D eigenvalue weighted by atomic mass is 35.5. The Labute approximate surface area is 164 Å². The van der Waals surface area contributed by atoms with E-state index in [-0.39, 0.29) is 4.90 Å². The Morgan fingerprint density at radius 2 is 1.67 bits per heavy atom. The van der Waals surface area contributed by atoms with E-state index in [9.17, 15) is 8.42 Å². The van der Waals surface area contributed by atoms with Gasteiger partial charge in [0.15, 0.2) is 0 Å². The van der Waals surface area contributed by atoms with E-state index in [1.807, 2.05) is 18.2 Å². The van der Waals surface area contributed by atoms with Crippen molar-refractivity contribution in [3.8, 4) is 0 Å². The largest absolute Gasteiger partial charge is 0.340 e. The number of aryl methyl sites for hydroxylation is 1. The minimum Gasteiger partial charge on any atom is -0.340 e. The maximum absolute atomic E-state index is 12.8. The van der Waals surface area contributed by atoms with Crippen LogP contribution in [0, 0.1) is 0 Å². The van der Waals surface area contributed by atoms with Crippen molar-refractivity contribution in [3.05, 3.63) is 53.6 Å². The molecule has 3 aromatic rings. The van der Waals surface area contributed by atoms with E-state index in [1.165, 1.54) is 4.31 Å². The molecule has 6 nitrogen and oxygen atoms in total. The summed E-state index contributed by atoms with van der Waals surface area (Å²) in [6.45, 7) is 4.99. The number of imidazole rings is 1. The maximum atomic E-state index is 12.8. The summed E-state index contributed by atoms with van der Waals surface area (Å²) in [5, 5.41) is 0.525. The molecule has 1 fully saturated rings. The van der Waals surface area contributed by atoms with Gasteiger partial charge in [0.25, 0.3) is 0 Å². The molecule has 1 aliphatic heterocycles. The van der Waals surface area contributed by atoms with E-state index >= 15 is 0 Å². The second-order valence-corrected chi connectivity index (χ2v) is 8.86. The van der Waals surface area contributed by atoms with Gasteiger partial charge >= 0.3 is 0 Å². The zero-order valence-electron chi connectivity index (χ0n) is 15.0. The Morgan fingerprint density at radius 3 is 2.33 bits per heavy atom. The van der Waals surface area contributed by atoms with Crippen LogP contribution in [-0.2, 0) is 16.6 Å². The van der Waals surface area contributed by atoms with Crippen molar-refractivity contribution < 1.29 is 8.42 Å². The van der Waals surface area contributed by atoms with E-state index in [2.05, 4.69) is 22.5 Å². The van der Waals surface area contributed by atoms with Crippen molar-refractivity contribution in [2.24, 2.45) is 0 Å². The van der Waals surface area contributed by atoms with Crippen LogP contribution in [0.5, 0.6) is 0 Å². The van der Waals surface area contributed by atoms with Crippen molar-refractivity contribution in [1.82, 2.24) is 13.9 Å². The summed E-state index contributed by atoms with van der Waals surface area (Å²) in [5.41, 5.74) is 2.07. The molecule has 4 rings (SSSR count). The van der Waals surface area contributed by atoms with Gasteiger partial charge in [0.05, 0.1) is 15.9 Å². The number of fused-ring (bicyclic) bond motifs is 1. The monoisotopic (exact) mass is 404 g/mol. The molecule has 0 atom stereocenters. The molecule has 8 heteroatoms. The van der Waals surface area contributed by atoms with E-state index in [1.54, 1.807) is 24.3 Å². The molecule has 0 spiro atoms. The minimum absolute atomic E-state index is 0.279. The van der Waals surface area contributed by atoms with Crippen molar-refractivity contribution in [2.75, 3.05) is 31.1 Å². The molecule has 2 aromatic carbocycles. The number of anilines is 1. The van der Waals surface area contributed by atoms with Crippen molar-refractivity contribution >= 4 is 38.6 Å². The van der Waals surface area contributed by atoms with E-state index < -0.39 is 10.0 Å². The highest BCUT2D eigenvalue weighted by molar-refractivity contribution is 7.89. The molecule has 0 radical (unpaired) electrons. The van der Waals surface area contributed by atoms with Gasteiger partial charge in [0, 0.05) is 37.7 Å². The van der Waals surface area contributed by atoms with Crippen LogP contribution in [-0.4, -0.2) is 48.5 Å². The zero-order valence-corrected chi connectivity index (χ0v) is 16.6. The first-order chi connectivity index (χ1) is 13.0. The molecule has 0 unspecified atom stereocenters. The summed E-state index contributed by atoms with van der Waals surface area (Å²) in [4.78, 5) is 7.21. The lowest BCUT2D eigenvalue weighted by molar-refractivity contribution is 0.381. The molecule has 142 valence electrons. The maximum Gasteiger partial charge on any atom is 0.243 e. The van der Waals surface area contributed by atoms with Crippen molar-refractivity contribution in [2.45, 2.75) is 18.4 Å². The number of sulfonamides is 1. The molecule has 27 heavy (non-hydrogen) atoms. The first kappa shape index (κ1) is 18.3. The van der Waals surface area contributed by atoms with Crippen LogP contribution in [0.4, 0.5) is 5.95 Å². The number of para-hydroxylation sites is 2. The predicted molar refractivity (Wildman–Crippen MR) is 108 cm³/mol. The number of nitrogens with zero attached hydrogens (tertiary/aromatic N) is 4. The van der Waals surface area contributed by atoms with Gasteiger partial charge in [-0.3, -0.25) is 0 Å². The summed E-state index contributed by atoms with van der Waals surface area (Å²) in [7, 11) is -3.50. The lowest BCUT2D eigenvalue weighted by atomic mass is 10.3. The molecule has 0 aliphatic carbocycles. The minimum atomic E-state index is -3.50. The van der Waals surface area contributed by atoms with Crippen LogP contribution >= 0.6 is 11.6 Å². The summed E-state index contributed by atoms with van der Waals surface area (Å²) >= 11 is 5.87. The number of benzene rings is 2. The van der Waals surface area contributed by atoms with Gasteiger partial charge in [-0.05, 0) is 43.3 Å². The Kier molecular flexibility index (Phi) is 4.84. The molecule has 0 amide bonds. The number of hydrogen-bond donors (Lipinski definition) is 0. The third-order valence-corrected chi connectivity index (χ3v) is 7.09. The fourth-order valence-electron chi connectivity index (χ4n) is 3.50. The number of hydrogen-bond acceptors (Lipinski definition) is 4. The predicted octanol–water partition coefficient (Wildman–Crippen LogP) is 3.22. The summed E-state index contributed by atoms with van der Waals surface area (Å²) in [6, 6.07) is 14.4. The average molecular weight is 405 g/mol. The highest BCUT2D eigenvalue weighted by Gasteiger charge is 2.30. The first-order valence-corrected chi connectivity index (χ1v) is 10.8. The quantitative estimate of drug-likeness (QED) is 0.670. The van der Waals surface area contributed by atoms with Gasteiger partial charge in [0.1, 0.15) is 0 Å². The molecule has 1 aromatic heterocycles. The Morgan fingerprint density at radius 1 is 1.00 bits per heavy atom. The number of piperazine rings is 1. The van der Waals surface area contributed by atoms with Crippen LogP contribution in [0.3, 0.4) is 0 Å². The zero-order chi connectivity index (χ0) is 19.0. The van der Waals surface area contributed by atoms with E-state index in [0.717, 1.165) is 23.5 Å². The Balaban J connectivity index is 1.55. The van der Waals surface area contributed by atoms with Gasteiger partial charge in [-0.2, -0.15) is 4.31 Å². The molecule has 1 saturated heterocycles. The summed E-state index contributed by atoms with van der Waals surface area (Å²) < 4.78 is 29.4. The molecule has 2 heterocycles. The van der Waals surface area contributed by atoms with Crippen LogP contribution in [0.25, 0.3) is 11.0 Å². The van der Waals surface area contributed by atoms with Gasteiger partial charge < -0.3 is 9.47 Å². The third-order valence-electron chi connectivity index (χ3n) is 4.92. The normalized spacial score (nSPS) is 16.1. The SMILES string of the molecule is CCn1c(N2CCN(S(=O)(=O)c3ccc(Cl)cc3)CC2)nc2ccccc21. The molecular formula is C19H21ClN4O2S. The average Bonchev–Trinajstić information content (AvgIpc) is 3.07. The van der Waals surface area contributed by atoms with Gasteiger partial charge in [-0.25, -0.2) is 13.4 Å².